The maximum Gasteiger partial charge on any atom is 0.287 e. The second-order valence-corrected chi connectivity index (χ2v) is 6.42. The van der Waals surface area contributed by atoms with Crippen molar-refractivity contribution in [2.24, 2.45) is 0 Å². The highest BCUT2D eigenvalue weighted by atomic mass is 35.5. The summed E-state index contributed by atoms with van der Waals surface area (Å²) >= 11 is 0. The average Bonchev–Trinajstić information content (AvgIpc) is 3.21. The molecular weight excluding hydrogens is 435 g/mol. The Kier molecular flexibility index (Phi) is 10.1. The van der Waals surface area contributed by atoms with Gasteiger partial charge < -0.3 is 9.73 Å². The highest BCUT2D eigenvalue weighted by Crippen LogP contribution is 2.23. The SMILES string of the molecule is Cl.Cl.Cl.O=C(NCc1cncc2c1CCN(Cc1cccnc1)C2)c1ccco1. The first-order valence-corrected chi connectivity index (χ1v) is 8.67. The summed E-state index contributed by atoms with van der Waals surface area (Å²) in [5.74, 6) is 0.118. The monoisotopic (exact) mass is 456 g/mol. The minimum atomic E-state index is -0.207. The number of halogens is 3. The van der Waals surface area contributed by atoms with Gasteiger partial charge in [0, 0.05) is 51.0 Å². The van der Waals surface area contributed by atoms with Crippen molar-refractivity contribution in [3.05, 3.63) is 83.3 Å². The summed E-state index contributed by atoms with van der Waals surface area (Å²) in [5, 5.41) is 2.91. The van der Waals surface area contributed by atoms with Gasteiger partial charge in [0.25, 0.3) is 5.91 Å². The smallest absolute Gasteiger partial charge is 0.287 e. The molecule has 3 aromatic rings. The number of aromatic nitrogens is 2. The number of furan rings is 1. The topological polar surface area (TPSA) is 71.3 Å². The van der Waals surface area contributed by atoms with Crippen LogP contribution in [-0.4, -0.2) is 27.3 Å². The number of rotatable bonds is 5. The Bertz CT molecular complexity index is 892. The van der Waals surface area contributed by atoms with Crippen LogP contribution in [0.5, 0.6) is 0 Å². The van der Waals surface area contributed by atoms with Gasteiger partial charge in [0.15, 0.2) is 5.76 Å². The fourth-order valence-corrected chi connectivity index (χ4v) is 3.33. The molecule has 1 aliphatic heterocycles. The fourth-order valence-electron chi connectivity index (χ4n) is 3.33. The number of hydrogen-bond donors (Lipinski definition) is 1. The van der Waals surface area contributed by atoms with E-state index >= 15 is 0 Å². The van der Waals surface area contributed by atoms with Crippen molar-refractivity contribution in [3.63, 3.8) is 0 Å². The molecule has 1 aliphatic rings. The average molecular weight is 458 g/mol. The zero-order valence-electron chi connectivity index (χ0n) is 15.6. The summed E-state index contributed by atoms with van der Waals surface area (Å²) < 4.78 is 5.13. The van der Waals surface area contributed by atoms with Gasteiger partial charge >= 0.3 is 0 Å². The van der Waals surface area contributed by atoms with Crippen LogP contribution >= 0.6 is 37.2 Å². The van der Waals surface area contributed by atoms with Crippen LogP contribution in [0.15, 0.2) is 59.7 Å². The third-order valence-corrected chi connectivity index (χ3v) is 4.62. The number of hydrogen-bond acceptors (Lipinski definition) is 5. The predicted molar refractivity (Wildman–Crippen MR) is 118 cm³/mol. The molecule has 0 spiro atoms. The number of nitrogens with zero attached hydrogens (tertiary/aromatic N) is 3. The minimum Gasteiger partial charge on any atom is -0.459 e. The standard InChI is InChI=1S/C20H20N4O2.3ClH/c25-20(19-4-2-8-26-19)23-12-16-10-22-11-17-14-24(7-5-18(16)17)13-15-3-1-6-21-9-15;;;/h1-4,6,8-11H,5,7,12-14H2,(H,23,25);3*1H. The molecule has 3 aromatic heterocycles. The molecule has 4 heterocycles. The minimum absolute atomic E-state index is 0. The van der Waals surface area contributed by atoms with Crippen LogP contribution in [0.4, 0.5) is 0 Å². The van der Waals surface area contributed by atoms with Crippen LogP contribution in [0.2, 0.25) is 0 Å². The van der Waals surface area contributed by atoms with E-state index in [0.717, 1.165) is 31.6 Å². The van der Waals surface area contributed by atoms with Crippen molar-refractivity contribution in [1.29, 1.82) is 0 Å². The van der Waals surface area contributed by atoms with Crippen LogP contribution in [0, 0.1) is 0 Å². The van der Waals surface area contributed by atoms with E-state index in [4.69, 9.17) is 4.42 Å². The number of carbonyl (C=O) groups excluding carboxylic acids is 1. The third-order valence-electron chi connectivity index (χ3n) is 4.62. The molecule has 1 amide bonds. The number of nitrogens with one attached hydrogen (secondary N) is 1. The van der Waals surface area contributed by atoms with E-state index in [2.05, 4.69) is 26.3 Å². The lowest BCUT2D eigenvalue weighted by atomic mass is 9.96. The normalized spacial score (nSPS) is 12.6. The van der Waals surface area contributed by atoms with Gasteiger partial charge in [-0.25, -0.2) is 0 Å². The Balaban J connectivity index is 0.00000140. The Morgan fingerprint density at radius 3 is 2.69 bits per heavy atom. The highest BCUT2D eigenvalue weighted by molar-refractivity contribution is 5.91. The molecule has 0 radical (unpaired) electrons. The lowest BCUT2D eigenvalue weighted by molar-refractivity contribution is 0.0923. The summed E-state index contributed by atoms with van der Waals surface area (Å²) in [7, 11) is 0. The van der Waals surface area contributed by atoms with Gasteiger partial charge in [0.2, 0.25) is 0 Å². The van der Waals surface area contributed by atoms with E-state index < -0.39 is 0 Å². The molecule has 9 heteroatoms. The van der Waals surface area contributed by atoms with Crippen molar-refractivity contribution >= 4 is 43.1 Å². The van der Waals surface area contributed by atoms with Crippen molar-refractivity contribution in [1.82, 2.24) is 20.2 Å². The molecular formula is C20H23Cl3N4O2. The Morgan fingerprint density at radius 2 is 1.97 bits per heavy atom. The van der Waals surface area contributed by atoms with Crippen LogP contribution < -0.4 is 5.32 Å². The van der Waals surface area contributed by atoms with Crippen LogP contribution in [0.25, 0.3) is 0 Å². The van der Waals surface area contributed by atoms with E-state index in [9.17, 15) is 4.79 Å². The Labute approximate surface area is 188 Å². The molecule has 156 valence electrons. The number of carbonyl (C=O) groups is 1. The van der Waals surface area contributed by atoms with Crippen LogP contribution in [0.3, 0.4) is 0 Å². The molecule has 0 aliphatic carbocycles. The quantitative estimate of drug-likeness (QED) is 0.630. The van der Waals surface area contributed by atoms with Gasteiger partial charge in [0.05, 0.1) is 6.26 Å². The molecule has 0 bridgehead atoms. The van der Waals surface area contributed by atoms with E-state index in [1.165, 1.54) is 23.0 Å². The summed E-state index contributed by atoms with van der Waals surface area (Å²) in [4.78, 5) is 23.0. The summed E-state index contributed by atoms with van der Waals surface area (Å²) in [6.07, 6.45) is 9.93. The van der Waals surface area contributed by atoms with Crippen molar-refractivity contribution in [3.8, 4) is 0 Å². The van der Waals surface area contributed by atoms with Crippen LogP contribution in [-0.2, 0) is 26.1 Å². The molecule has 0 aromatic carbocycles. The Morgan fingerprint density at radius 1 is 1.10 bits per heavy atom. The summed E-state index contributed by atoms with van der Waals surface area (Å²) in [5.41, 5.74) is 4.81. The molecule has 0 atom stereocenters. The van der Waals surface area contributed by atoms with E-state index in [1.54, 1.807) is 18.3 Å². The summed E-state index contributed by atoms with van der Waals surface area (Å²) in [6.45, 7) is 3.17. The molecule has 4 rings (SSSR count). The lowest BCUT2D eigenvalue weighted by Crippen LogP contribution is -2.32. The van der Waals surface area contributed by atoms with Crippen molar-refractivity contribution in [2.45, 2.75) is 26.1 Å². The molecule has 0 unspecified atom stereocenters. The maximum absolute atomic E-state index is 12.1. The van der Waals surface area contributed by atoms with E-state index in [0.29, 0.717) is 12.3 Å². The van der Waals surface area contributed by atoms with E-state index in [1.807, 2.05) is 24.7 Å². The third kappa shape index (κ3) is 6.18. The van der Waals surface area contributed by atoms with Gasteiger partial charge in [-0.15, -0.1) is 37.2 Å². The van der Waals surface area contributed by atoms with Crippen LogP contribution in [0.1, 0.15) is 32.8 Å². The number of pyridine rings is 2. The Hall–Kier alpha value is -2.12. The van der Waals surface area contributed by atoms with E-state index in [-0.39, 0.29) is 43.1 Å². The highest BCUT2D eigenvalue weighted by Gasteiger charge is 2.20. The molecule has 0 fully saturated rings. The van der Waals surface area contributed by atoms with Gasteiger partial charge in [-0.3, -0.25) is 19.7 Å². The first kappa shape index (κ1) is 24.9. The van der Waals surface area contributed by atoms with Gasteiger partial charge in [0.1, 0.15) is 0 Å². The van der Waals surface area contributed by atoms with Crippen molar-refractivity contribution < 1.29 is 9.21 Å². The first-order chi connectivity index (χ1) is 12.8. The van der Waals surface area contributed by atoms with Gasteiger partial charge in [-0.2, -0.15) is 0 Å². The number of fused-ring (bicyclic) bond motifs is 1. The molecule has 0 saturated heterocycles. The zero-order chi connectivity index (χ0) is 17.8. The molecule has 6 nitrogen and oxygen atoms in total. The molecule has 1 N–H and O–H groups in total. The largest absolute Gasteiger partial charge is 0.459 e. The zero-order valence-corrected chi connectivity index (χ0v) is 18.1. The van der Waals surface area contributed by atoms with Gasteiger partial charge in [-0.1, -0.05) is 6.07 Å². The molecule has 29 heavy (non-hydrogen) atoms. The second kappa shape index (κ2) is 11.8. The fraction of sp³-hybridized carbons (Fsp3) is 0.250. The predicted octanol–water partition coefficient (Wildman–Crippen LogP) is 3.82. The van der Waals surface area contributed by atoms with Gasteiger partial charge in [-0.05, 0) is 46.9 Å². The summed E-state index contributed by atoms with van der Waals surface area (Å²) in [6, 6.07) is 7.43. The lowest BCUT2D eigenvalue weighted by Gasteiger charge is -2.29. The number of amides is 1. The van der Waals surface area contributed by atoms with Crippen molar-refractivity contribution in [2.75, 3.05) is 6.54 Å². The second-order valence-electron chi connectivity index (χ2n) is 6.42. The molecule has 0 saturated carbocycles. The first-order valence-electron chi connectivity index (χ1n) is 8.67. The maximum atomic E-state index is 12.1.